The first kappa shape index (κ1) is 15.3. The van der Waals surface area contributed by atoms with Gasteiger partial charge >= 0.3 is 6.09 Å². The summed E-state index contributed by atoms with van der Waals surface area (Å²) in [5.74, 6) is 0. The van der Waals surface area contributed by atoms with Crippen LogP contribution in [-0.4, -0.2) is 36.0 Å². The molecule has 4 nitrogen and oxygen atoms in total. The molecule has 1 aliphatic heterocycles. The van der Waals surface area contributed by atoms with Crippen molar-refractivity contribution in [3.05, 3.63) is 11.6 Å². The summed E-state index contributed by atoms with van der Waals surface area (Å²) in [5.41, 5.74) is 0.293. The minimum absolute atomic E-state index is 0. The molecule has 94 valence electrons. The third-order valence-corrected chi connectivity index (χ3v) is 2.05. The molecule has 0 unspecified atom stereocenters. The molecule has 0 aromatic heterocycles. The minimum Gasteiger partial charge on any atom is -0.444 e. The summed E-state index contributed by atoms with van der Waals surface area (Å²) < 4.78 is 5.22. The van der Waals surface area contributed by atoms with Gasteiger partial charge in [-0.05, 0) is 32.8 Å². The fraction of sp³-hybridized carbons (Fsp3) is 0.636. The average Bonchev–Trinajstić information content (AvgIpc) is 2.15. The van der Waals surface area contributed by atoms with Crippen LogP contribution < -0.4 is 0 Å². The zero-order chi connectivity index (χ0) is 11.5. The van der Waals surface area contributed by atoms with Crippen molar-refractivity contribution in [2.75, 3.05) is 13.1 Å². The summed E-state index contributed by atoms with van der Waals surface area (Å²) >= 11 is 0. The largest absolute Gasteiger partial charge is 0.444 e. The predicted octanol–water partition coefficient (Wildman–Crippen LogP) is 1.75. The van der Waals surface area contributed by atoms with Gasteiger partial charge in [-0.15, -0.1) is 0 Å². The van der Waals surface area contributed by atoms with Crippen LogP contribution in [0.15, 0.2) is 11.6 Å². The Hall–Kier alpha value is -0.658. The van der Waals surface area contributed by atoms with Crippen LogP contribution in [0.3, 0.4) is 0 Å². The van der Waals surface area contributed by atoms with Crippen LogP contribution in [0.5, 0.6) is 0 Å². The Morgan fingerprint density at radius 3 is 2.50 bits per heavy atom. The van der Waals surface area contributed by atoms with Crippen LogP contribution in [0, 0.1) is 0 Å². The molecule has 0 N–H and O–H groups in total. The topological polar surface area (TPSA) is 46.6 Å². The van der Waals surface area contributed by atoms with Crippen molar-refractivity contribution >= 4 is 12.4 Å². The summed E-state index contributed by atoms with van der Waals surface area (Å²) in [6.07, 6.45) is 2.90. The SMILES string of the molecule is CC(C)(C)OC(=O)N1CC=C(C=O)CC1.[Pd]. The van der Waals surface area contributed by atoms with Crippen molar-refractivity contribution in [3.8, 4) is 0 Å². The van der Waals surface area contributed by atoms with E-state index in [1.807, 2.05) is 20.8 Å². The van der Waals surface area contributed by atoms with Crippen molar-refractivity contribution in [2.24, 2.45) is 0 Å². The van der Waals surface area contributed by atoms with Gasteiger partial charge in [-0.3, -0.25) is 4.79 Å². The van der Waals surface area contributed by atoms with E-state index in [4.69, 9.17) is 4.74 Å². The summed E-state index contributed by atoms with van der Waals surface area (Å²) in [5, 5.41) is 0. The van der Waals surface area contributed by atoms with E-state index in [1.165, 1.54) is 0 Å². The van der Waals surface area contributed by atoms with E-state index in [1.54, 1.807) is 11.0 Å². The number of carbonyl (C=O) groups excluding carboxylic acids is 2. The van der Waals surface area contributed by atoms with Crippen molar-refractivity contribution in [1.82, 2.24) is 4.90 Å². The second-order valence-corrected chi connectivity index (χ2v) is 4.57. The number of rotatable bonds is 1. The van der Waals surface area contributed by atoms with E-state index >= 15 is 0 Å². The van der Waals surface area contributed by atoms with Crippen LogP contribution in [-0.2, 0) is 30.0 Å². The molecule has 5 heteroatoms. The molecule has 0 spiro atoms. The fourth-order valence-corrected chi connectivity index (χ4v) is 1.28. The Morgan fingerprint density at radius 1 is 1.50 bits per heavy atom. The second-order valence-electron chi connectivity index (χ2n) is 4.57. The molecule has 0 atom stereocenters. The number of nitrogens with zero attached hydrogens (tertiary/aromatic N) is 1. The number of aldehydes is 1. The van der Waals surface area contributed by atoms with Gasteiger partial charge in [0.15, 0.2) is 0 Å². The number of hydrogen-bond donors (Lipinski definition) is 0. The average molecular weight is 318 g/mol. The standard InChI is InChI=1S/C11H17NO3.Pd/c1-11(2,3)15-10(14)12-6-4-9(8-13)5-7-12;/h4,8H,5-7H2,1-3H3;. The molecule has 0 bridgehead atoms. The minimum atomic E-state index is -0.467. The van der Waals surface area contributed by atoms with Gasteiger partial charge in [0.05, 0.1) is 0 Å². The zero-order valence-electron chi connectivity index (χ0n) is 9.76. The maximum atomic E-state index is 11.6. The molecule has 0 saturated heterocycles. The van der Waals surface area contributed by atoms with Gasteiger partial charge in [-0.2, -0.15) is 0 Å². The molecule has 0 saturated carbocycles. The predicted molar refractivity (Wildman–Crippen MR) is 56.6 cm³/mol. The molecule has 0 fully saturated rings. The molecule has 0 aliphatic carbocycles. The number of amides is 1. The number of hydrogen-bond acceptors (Lipinski definition) is 3. The van der Waals surface area contributed by atoms with E-state index in [0.717, 1.165) is 11.9 Å². The third-order valence-electron chi connectivity index (χ3n) is 2.05. The molecule has 1 amide bonds. The maximum Gasteiger partial charge on any atom is 0.410 e. The Morgan fingerprint density at radius 2 is 2.12 bits per heavy atom. The van der Waals surface area contributed by atoms with Gasteiger partial charge in [0.1, 0.15) is 11.9 Å². The third kappa shape index (κ3) is 4.91. The van der Waals surface area contributed by atoms with Gasteiger partial charge in [0, 0.05) is 33.5 Å². The van der Waals surface area contributed by atoms with Crippen molar-refractivity contribution in [3.63, 3.8) is 0 Å². The van der Waals surface area contributed by atoms with Crippen molar-refractivity contribution in [2.45, 2.75) is 32.8 Å². The molecule has 0 aromatic rings. The van der Waals surface area contributed by atoms with Gasteiger partial charge in [0.25, 0.3) is 0 Å². The van der Waals surface area contributed by atoms with E-state index in [9.17, 15) is 9.59 Å². The smallest absolute Gasteiger partial charge is 0.410 e. The quantitative estimate of drug-likeness (QED) is 0.547. The molecule has 0 radical (unpaired) electrons. The first-order chi connectivity index (χ1) is 6.92. The Labute approximate surface area is 110 Å². The van der Waals surface area contributed by atoms with Crippen LogP contribution in [0.2, 0.25) is 0 Å². The van der Waals surface area contributed by atoms with Crippen LogP contribution >= 0.6 is 0 Å². The molecular formula is C11H17NO3Pd. The molecule has 1 heterocycles. The van der Waals surface area contributed by atoms with E-state index in [0.29, 0.717) is 19.5 Å². The molecular weight excluding hydrogens is 301 g/mol. The van der Waals surface area contributed by atoms with E-state index in [-0.39, 0.29) is 26.5 Å². The van der Waals surface area contributed by atoms with Gasteiger partial charge < -0.3 is 9.64 Å². The Kier molecular flexibility index (Phi) is 5.92. The van der Waals surface area contributed by atoms with Crippen LogP contribution in [0.25, 0.3) is 0 Å². The molecule has 16 heavy (non-hydrogen) atoms. The van der Waals surface area contributed by atoms with Gasteiger partial charge in [-0.25, -0.2) is 4.79 Å². The fourth-order valence-electron chi connectivity index (χ4n) is 1.28. The van der Waals surface area contributed by atoms with Gasteiger partial charge in [-0.1, -0.05) is 6.08 Å². The van der Waals surface area contributed by atoms with Crippen LogP contribution in [0.1, 0.15) is 27.2 Å². The van der Waals surface area contributed by atoms with E-state index in [2.05, 4.69) is 0 Å². The molecule has 1 aliphatic rings. The first-order valence-electron chi connectivity index (χ1n) is 5.04. The summed E-state index contributed by atoms with van der Waals surface area (Å²) in [6, 6.07) is 0. The second kappa shape index (κ2) is 6.17. The van der Waals surface area contributed by atoms with Crippen molar-refractivity contribution < 1.29 is 34.7 Å². The monoisotopic (exact) mass is 317 g/mol. The molecule has 1 rings (SSSR count). The number of ether oxygens (including phenoxy) is 1. The summed E-state index contributed by atoms with van der Waals surface area (Å²) in [6.45, 7) is 6.52. The molecule has 0 aromatic carbocycles. The normalized spacial score (nSPS) is 15.9. The van der Waals surface area contributed by atoms with Gasteiger partial charge in [0.2, 0.25) is 0 Å². The Balaban J connectivity index is 0.00000225. The zero-order valence-corrected chi connectivity index (χ0v) is 11.3. The first-order valence-corrected chi connectivity index (χ1v) is 5.04. The summed E-state index contributed by atoms with van der Waals surface area (Å²) in [7, 11) is 0. The maximum absolute atomic E-state index is 11.6. The summed E-state index contributed by atoms with van der Waals surface area (Å²) in [4.78, 5) is 23.7. The van der Waals surface area contributed by atoms with Crippen molar-refractivity contribution in [1.29, 1.82) is 0 Å². The Bertz CT molecular complexity index is 294. The van der Waals surface area contributed by atoms with E-state index < -0.39 is 5.60 Å². The van der Waals surface area contributed by atoms with Crippen LogP contribution in [0.4, 0.5) is 4.79 Å². The number of carbonyl (C=O) groups is 2.